The van der Waals surface area contributed by atoms with Crippen molar-refractivity contribution in [3.8, 4) is 0 Å². The first-order chi connectivity index (χ1) is 24.7. The van der Waals surface area contributed by atoms with Crippen molar-refractivity contribution in [3.05, 3.63) is 151 Å². The van der Waals surface area contributed by atoms with Crippen molar-refractivity contribution in [3.63, 3.8) is 0 Å². The van der Waals surface area contributed by atoms with Crippen LogP contribution in [0, 0.1) is 37.1 Å². The number of nitrogens with zero attached hydrogens (tertiary/aromatic N) is 2. The van der Waals surface area contributed by atoms with Crippen LogP contribution >= 0.6 is 0 Å². The van der Waals surface area contributed by atoms with E-state index in [0.29, 0.717) is 33.7 Å². The molecule has 0 atom stereocenters. The Balaban J connectivity index is 1.67. The third kappa shape index (κ3) is 7.06. The van der Waals surface area contributed by atoms with Crippen LogP contribution in [-0.4, -0.2) is 13.1 Å². The molecule has 0 bridgehead atoms. The molecule has 0 aliphatic heterocycles. The number of aryl methyl sites for hydroxylation is 2. The van der Waals surface area contributed by atoms with Crippen molar-refractivity contribution < 1.29 is 34.2 Å². The first-order valence-corrected chi connectivity index (χ1v) is 21.2. The number of halogens is 4. The Morgan fingerprint density at radius 3 is 1.27 bits per heavy atom. The Morgan fingerprint density at radius 1 is 0.549 bits per heavy atom. The van der Waals surface area contributed by atoms with E-state index in [1.807, 2.05) is 109 Å². The van der Waals surface area contributed by atoms with Crippen LogP contribution in [0.2, 0.25) is 0 Å². The fourth-order valence-corrected chi connectivity index (χ4v) is 15.7. The van der Waals surface area contributed by atoms with Crippen LogP contribution in [0.4, 0.5) is 40.3 Å². The molecule has 2 aliphatic carbocycles. The number of rotatable bonds is 14. The van der Waals surface area contributed by atoms with E-state index in [1.54, 1.807) is 0 Å². The molecular formula is C44H46F4N2Ti. The summed E-state index contributed by atoms with van der Waals surface area (Å²) in [6, 6.07) is 21.2. The molecule has 0 unspecified atom stereocenters. The fraction of sp³-hybridized carbons (Fsp3) is 0.273. The van der Waals surface area contributed by atoms with Gasteiger partial charge >= 0.3 is 305 Å². The molecule has 0 heterocycles. The van der Waals surface area contributed by atoms with Gasteiger partial charge in [0.2, 0.25) is 0 Å². The number of unbranched alkanes of at least 4 members (excludes halogenated alkanes) is 2. The van der Waals surface area contributed by atoms with Crippen LogP contribution in [-0.2, 0) is 16.6 Å². The van der Waals surface area contributed by atoms with E-state index in [2.05, 4.69) is 13.8 Å². The van der Waals surface area contributed by atoms with E-state index >= 15 is 17.6 Å². The van der Waals surface area contributed by atoms with Crippen LogP contribution in [0.3, 0.4) is 0 Å². The number of hydrogen-bond acceptors (Lipinski definition) is 2. The second-order valence-electron chi connectivity index (χ2n) is 13.6. The molecule has 0 saturated heterocycles. The summed E-state index contributed by atoms with van der Waals surface area (Å²) >= 11 is -5.07. The van der Waals surface area contributed by atoms with Gasteiger partial charge in [-0.25, -0.2) is 0 Å². The van der Waals surface area contributed by atoms with Gasteiger partial charge in [0.15, 0.2) is 0 Å². The normalized spacial score (nSPS) is 13.9. The second-order valence-corrected chi connectivity index (χ2v) is 19.5. The standard InChI is InChI=1S/2C17H18F2N.2C5H5.Ti/c2*1-3-4-11-20(15-8-5-13(2)6-9-15)17-10-7-14(18)12-16(17)19;2*1-2-4-5-3-1;/h2*5-10H,3-4,11H2,1-2H3;2*1-3H,4H2;. The van der Waals surface area contributed by atoms with Gasteiger partial charge in [0.1, 0.15) is 0 Å². The average Bonchev–Trinajstić information content (AvgIpc) is 3.87. The molecule has 0 amide bonds. The molecule has 6 rings (SSSR count). The summed E-state index contributed by atoms with van der Waals surface area (Å²) in [4.78, 5) is 3.76. The molecule has 264 valence electrons. The Kier molecular flexibility index (Phi) is 11.5. The predicted molar refractivity (Wildman–Crippen MR) is 202 cm³/mol. The molecule has 7 heteroatoms. The van der Waals surface area contributed by atoms with Gasteiger partial charge in [-0.05, 0) is 0 Å². The van der Waals surface area contributed by atoms with Crippen molar-refractivity contribution in [1.29, 1.82) is 0 Å². The molecule has 4 aromatic rings. The monoisotopic (exact) mass is 726 g/mol. The van der Waals surface area contributed by atoms with Crippen molar-refractivity contribution in [2.24, 2.45) is 0 Å². The molecule has 51 heavy (non-hydrogen) atoms. The summed E-state index contributed by atoms with van der Waals surface area (Å²) < 4.78 is 70.6. The summed E-state index contributed by atoms with van der Waals surface area (Å²) in [5.74, 6) is -3.06. The predicted octanol–water partition coefficient (Wildman–Crippen LogP) is 11.5. The average molecular weight is 727 g/mol. The summed E-state index contributed by atoms with van der Waals surface area (Å²) in [5, 5.41) is 0. The summed E-state index contributed by atoms with van der Waals surface area (Å²) in [7, 11) is 0. The number of hydrogen-bond donors (Lipinski definition) is 0. The van der Waals surface area contributed by atoms with Crippen LogP contribution in [0.1, 0.15) is 63.5 Å². The molecule has 0 aromatic heterocycles. The molecule has 0 saturated carbocycles. The molecule has 2 nitrogen and oxygen atoms in total. The quantitative estimate of drug-likeness (QED) is 0.0943. The molecule has 2 aliphatic rings. The van der Waals surface area contributed by atoms with E-state index in [0.717, 1.165) is 48.2 Å². The van der Waals surface area contributed by atoms with E-state index < -0.39 is 39.9 Å². The van der Waals surface area contributed by atoms with Crippen LogP contribution in [0.5, 0.6) is 0 Å². The third-order valence-electron chi connectivity index (χ3n) is 10.1. The minimum absolute atomic E-state index is 0.184. The SMILES string of the molecule is CCCCN(c1ccc(C)cc1)c1ccc(F)[c]([Ti]([C]2=CC=CC2)([C]2=CC=CC2)[c]2c(F)ccc(N(CCCC)c3ccc(C)cc3)c2F)c1F. The number of benzene rings is 4. The Hall–Kier alpha value is -4.13. The molecule has 0 spiro atoms. The van der Waals surface area contributed by atoms with Gasteiger partial charge in [0.05, 0.1) is 0 Å². The molecule has 4 aromatic carbocycles. The summed E-state index contributed by atoms with van der Waals surface area (Å²) in [5.41, 5.74) is 4.09. The maximum absolute atomic E-state index is 17.9. The van der Waals surface area contributed by atoms with E-state index in [-0.39, 0.29) is 19.1 Å². The third-order valence-corrected chi connectivity index (χ3v) is 18.1. The van der Waals surface area contributed by atoms with Crippen molar-refractivity contribution >= 4 is 30.5 Å². The van der Waals surface area contributed by atoms with Gasteiger partial charge in [-0.15, -0.1) is 0 Å². The minimum atomic E-state index is -5.07. The first kappa shape index (κ1) is 36.7. The topological polar surface area (TPSA) is 6.48 Å². The van der Waals surface area contributed by atoms with Crippen LogP contribution < -0.4 is 17.5 Å². The summed E-state index contributed by atoms with van der Waals surface area (Å²) in [6.07, 6.45) is 15.2. The Morgan fingerprint density at radius 2 is 0.941 bits per heavy atom. The van der Waals surface area contributed by atoms with Crippen LogP contribution in [0.25, 0.3) is 0 Å². The number of allylic oxidation sites excluding steroid dienone is 8. The van der Waals surface area contributed by atoms with Crippen molar-refractivity contribution in [2.75, 3.05) is 22.9 Å². The number of anilines is 4. The maximum atomic E-state index is 17.9. The van der Waals surface area contributed by atoms with Gasteiger partial charge in [-0.2, -0.15) is 0 Å². The Labute approximate surface area is 303 Å². The van der Waals surface area contributed by atoms with Gasteiger partial charge in [-0.1, -0.05) is 0 Å². The molecule has 0 N–H and O–H groups in total. The molecular weight excluding hydrogens is 680 g/mol. The first-order valence-electron chi connectivity index (χ1n) is 18.1. The van der Waals surface area contributed by atoms with Crippen LogP contribution in [0.15, 0.2) is 117 Å². The van der Waals surface area contributed by atoms with Gasteiger partial charge < -0.3 is 0 Å². The van der Waals surface area contributed by atoms with Crippen molar-refractivity contribution in [1.82, 2.24) is 0 Å². The second kappa shape index (κ2) is 16.0. The van der Waals surface area contributed by atoms with Gasteiger partial charge in [0.25, 0.3) is 0 Å². The zero-order valence-corrected chi connectivity index (χ0v) is 31.5. The van der Waals surface area contributed by atoms with E-state index in [4.69, 9.17) is 0 Å². The van der Waals surface area contributed by atoms with Crippen molar-refractivity contribution in [2.45, 2.75) is 66.2 Å². The zero-order chi connectivity index (χ0) is 36.1. The Bertz CT molecular complexity index is 1850. The molecule has 0 radical (unpaired) electrons. The van der Waals surface area contributed by atoms with Gasteiger partial charge in [0, 0.05) is 0 Å². The van der Waals surface area contributed by atoms with E-state index in [1.165, 1.54) is 24.3 Å². The zero-order valence-electron chi connectivity index (χ0n) is 30.0. The fourth-order valence-electron chi connectivity index (χ4n) is 7.47. The van der Waals surface area contributed by atoms with E-state index in [9.17, 15) is 0 Å². The summed E-state index contributed by atoms with van der Waals surface area (Å²) in [6.45, 7) is 9.11. The molecule has 0 fully saturated rings. The van der Waals surface area contributed by atoms with Gasteiger partial charge in [-0.3, -0.25) is 0 Å².